The average Bonchev–Trinajstić information content (AvgIpc) is 3.91. The molecule has 0 unspecified atom stereocenters. The van der Waals surface area contributed by atoms with Crippen LogP contribution in [0.15, 0.2) is 200 Å². The second-order valence-electron chi connectivity index (χ2n) is 20.9. The van der Waals surface area contributed by atoms with Crippen molar-refractivity contribution in [3.05, 3.63) is 223 Å². The van der Waals surface area contributed by atoms with Gasteiger partial charge in [0, 0.05) is 23.0 Å². The Morgan fingerprint density at radius 2 is 1.16 bits per heavy atom. The van der Waals surface area contributed by atoms with Crippen LogP contribution in [0.1, 0.15) is 78.0 Å². The third-order valence-corrected chi connectivity index (χ3v) is 13.7. The summed E-state index contributed by atoms with van der Waals surface area (Å²) in [4.78, 5) is 4.94. The number of aromatic nitrogens is 4. The quantitative estimate of drug-likeness (QED) is 0.107. The number of ether oxygens (including phenoxy) is 1. The first kappa shape index (κ1) is 44.5. The van der Waals surface area contributed by atoms with E-state index in [4.69, 9.17) is 9.72 Å². The summed E-state index contributed by atoms with van der Waals surface area (Å²) < 4.78 is 13.6. The first-order valence-corrected chi connectivity index (χ1v) is 24.5. The minimum absolute atomic E-state index is 0.0387. The van der Waals surface area contributed by atoms with E-state index < -0.39 is 0 Å². The number of fused-ring (bicyclic) bond motifs is 4. The minimum atomic E-state index is -0.0387. The van der Waals surface area contributed by atoms with Crippen molar-refractivity contribution in [1.82, 2.24) is 14.1 Å². The molecule has 0 aliphatic carbocycles. The van der Waals surface area contributed by atoms with Crippen molar-refractivity contribution < 1.29 is 9.30 Å². The summed E-state index contributed by atoms with van der Waals surface area (Å²) in [5, 5.41) is 2.30. The lowest BCUT2D eigenvalue weighted by Crippen LogP contribution is -2.31. The van der Waals surface area contributed by atoms with Crippen molar-refractivity contribution in [2.75, 3.05) is 0 Å². The van der Waals surface area contributed by atoms with Gasteiger partial charge in [-0.05, 0) is 121 Å². The monoisotopic (exact) mass is 910 g/mol. The first-order chi connectivity index (χ1) is 33.8. The maximum Gasteiger partial charge on any atom is 0.269 e. The number of imidazole rings is 1. The molecule has 0 N–H and O–H groups in total. The fourth-order valence-electron chi connectivity index (χ4n) is 9.79. The molecule has 0 aliphatic heterocycles. The molecule has 8 aromatic carbocycles. The highest BCUT2D eigenvalue weighted by Gasteiger charge is 2.25. The molecule has 0 spiro atoms. The lowest BCUT2D eigenvalue weighted by Gasteiger charge is -2.27. The Balaban J connectivity index is 1.04. The van der Waals surface area contributed by atoms with Gasteiger partial charge in [0.25, 0.3) is 6.33 Å². The molecule has 0 saturated heterocycles. The molecule has 0 amide bonds. The van der Waals surface area contributed by atoms with Crippen LogP contribution < -0.4 is 9.30 Å². The zero-order chi connectivity index (χ0) is 48.3. The van der Waals surface area contributed by atoms with Crippen molar-refractivity contribution in [2.24, 2.45) is 0 Å². The average molecular weight is 911 g/mol. The maximum atomic E-state index is 6.86. The molecule has 0 aliphatic rings. The van der Waals surface area contributed by atoms with Gasteiger partial charge < -0.3 is 4.74 Å². The predicted molar refractivity (Wildman–Crippen MR) is 290 cm³/mol. The van der Waals surface area contributed by atoms with E-state index in [0.717, 1.165) is 72.8 Å². The molecule has 3 aromatic heterocycles. The number of hydrogen-bond donors (Lipinski definition) is 0. The standard InChI is InChI=1S/C65H58N4O/c1-43(2)46-33-34-66-62(38-46)69-58-32-29-47(44-19-11-9-12-20-44)37-57(58)56-31-30-53(41-61(56)69)70-52-24-17-23-51(40-52)67-42-68(60-28-16-15-27-59(60)67)63-54(45-21-13-10-14-22-45)25-18-26-55(63)48-35-49(64(3,4)5)39-50(36-48)65(6,7)8/h9-41,43H,1-8H3. The predicted octanol–water partition coefficient (Wildman–Crippen LogP) is 16.7. The van der Waals surface area contributed by atoms with Crippen LogP contribution in [0.25, 0.3) is 83.4 Å². The van der Waals surface area contributed by atoms with Gasteiger partial charge in [0.2, 0.25) is 0 Å². The Morgan fingerprint density at radius 3 is 1.87 bits per heavy atom. The van der Waals surface area contributed by atoms with Crippen LogP contribution in [0.5, 0.6) is 11.5 Å². The van der Waals surface area contributed by atoms with Crippen LogP contribution in [-0.4, -0.2) is 14.1 Å². The van der Waals surface area contributed by atoms with Crippen molar-refractivity contribution >= 4 is 32.8 Å². The van der Waals surface area contributed by atoms with E-state index in [2.05, 4.69) is 263 Å². The Labute approximate surface area is 411 Å². The van der Waals surface area contributed by atoms with Crippen LogP contribution in [0.3, 0.4) is 0 Å². The summed E-state index contributed by atoms with van der Waals surface area (Å²) in [7, 11) is 0. The number of benzene rings is 8. The van der Waals surface area contributed by atoms with Gasteiger partial charge in [-0.15, -0.1) is 0 Å². The molecule has 3 heterocycles. The second kappa shape index (κ2) is 17.5. The topological polar surface area (TPSA) is 35.9 Å². The molecular formula is C65H58N4O. The van der Waals surface area contributed by atoms with Crippen molar-refractivity contribution in [3.8, 4) is 62.1 Å². The van der Waals surface area contributed by atoms with Crippen LogP contribution in [0.4, 0.5) is 0 Å². The number of nitrogens with zero attached hydrogens (tertiary/aromatic N) is 4. The van der Waals surface area contributed by atoms with Gasteiger partial charge in [0.1, 0.15) is 17.3 Å². The van der Waals surface area contributed by atoms with E-state index in [-0.39, 0.29) is 10.8 Å². The Hall–Kier alpha value is -8.02. The summed E-state index contributed by atoms with van der Waals surface area (Å²) in [5.41, 5.74) is 17.0. The Kier molecular flexibility index (Phi) is 11.1. The van der Waals surface area contributed by atoms with Crippen molar-refractivity contribution in [2.45, 2.75) is 72.1 Å². The smallest absolute Gasteiger partial charge is 0.269 e. The highest BCUT2D eigenvalue weighted by atomic mass is 16.5. The molecule has 5 heteroatoms. The van der Waals surface area contributed by atoms with Gasteiger partial charge in [0.15, 0.2) is 0 Å². The fraction of sp³-hybridized carbons (Fsp3) is 0.169. The summed E-state index contributed by atoms with van der Waals surface area (Å²) in [6.45, 7) is 18.3. The lowest BCUT2D eigenvalue weighted by molar-refractivity contribution is -0.571. The van der Waals surface area contributed by atoms with E-state index >= 15 is 0 Å². The van der Waals surface area contributed by atoms with E-state index in [1.54, 1.807) is 0 Å². The van der Waals surface area contributed by atoms with Gasteiger partial charge in [-0.3, -0.25) is 13.7 Å². The Morgan fingerprint density at radius 1 is 0.500 bits per heavy atom. The first-order valence-electron chi connectivity index (χ1n) is 24.5. The van der Waals surface area contributed by atoms with E-state index in [9.17, 15) is 0 Å². The fourth-order valence-corrected chi connectivity index (χ4v) is 9.79. The number of rotatable bonds is 9. The van der Waals surface area contributed by atoms with Crippen LogP contribution >= 0.6 is 0 Å². The number of pyridine rings is 1. The van der Waals surface area contributed by atoms with Gasteiger partial charge in [-0.25, -0.2) is 4.98 Å². The van der Waals surface area contributed by atoms with Gasteiger partial charge in [0.05, 0.1) is 33.4 Å². The number of hydrogen-bond acceptors (Lipinski definition) is 2. The van der Waals surface area contributed by atoms with Gasteiger partial charge in [-0.1, -0.05) is 189 Å². The molecule has 344 valence electrons. The van der Waals surface area contributed by atoms with E-state index in [1.165, 1.54) is 38.8 Å². The van der Waals surface area contributed by atoms with Crippen molar-refractivity contribution in [3.63, 3.8) is 0 Å². The highest BCUT2D eigenvalue weighted by Crippen LogP contribution is 2.41. The Bertz CT molecular complexity index is 3700. The second-order valence-corrected chi connectivity index (χ2v) is 20.9. The van der Waals surface area contributed by atoms with E-state index in [1.807, 2.05) is 12.3 Å². The molecular weight excluding hydrogens is 853 g/mol. The molecule has 11 rings (SSSR count). The molecule has 0 saturated carbocycles. The lowest BCUT2D eigenvalue weighted by atomic mass is 9.78. The van der Waals surface area contributed by atoms with E-state index in [0.29, 0.717) is 5.92 Å². The normalized spacial score (nSPS) is 12.1. The summed E-state index contributed by atoms with van der Waals surface area (Å²) in [6, 6.07) is 69.6. The molecule has 0 fully saturated rings. The maximum absolute atomic E-state index is 6.86. The third-order valence-electron chi connectivity index (χ3n) is 13.7. The third kappa shape index (κ3) is 8.26. The highest BCUT2D eigenvalue weighted by molar-refractivity contribution is 6.10. The molecule has 0 bridgehead atoms. The van der Waals surface area contributed by atoms with Crippen LogP contribution in [0, 0.1) is 6.33 Å². The zero-order valence-corrected chi connectivity index (χ0v) is 41.3. The molecule has 0 radical (unpaired) electrons. The molecule has 0 atom stereocenters. The van der Waals surface area contributed by atoms with Crippen LogP contribution in [-0.2, 0) is 10.8 Å². The summed E-state index contributed by atoms with van der Waals surface area (Å²) in [5.74, 6) is 2.71. The SMILES string of the molecule is CC(C)c1ccnc(-n2c3ccc(-c4ccccc4)cc3c3ccc(Oc4cccc(-n5[c-][n+](-c6c(-c7ccccc7)cccc6-c6cc(C(C)(C)C)cc(C(C)(C)C)c6)c6ccccc65)c4)cc32)c1. The largest absolute Gasteiger partial charge is 0.458 e. The summed E-state index contributed by atoms with van der Waals surface area (Å²) in [6.07, 6.45) is 5.81. The molecule has 5 nitrogen and oxygen atoms in total. The molecule has 70 heavy (non-hydrogen) atoms. The minimum Gasteiger partial charge on any atom is -0.458 e. The number of para-hydroxylation sites is 3. The summed E-state index contributed by atoms with van der Waals surface area (Å²) >= 11 is 0. The van der Waals surface area contributed by atoms with Gasteiger partial charge >= 0.3 is 0 Å². The van der Waals surface area contributed by atoms with Gasteiger partial charge in [-0.2, -0.15) is 0 Å². The van der Waals surface area contributed by atoms with Crippen LogP contribution in [0.2, 0.25) is 0 Å². The zero-order valence-electron chi connectivity index (χ0n) is 41.3. The molecule has 11 aromatic rings. The van der Waals surface area contributed by atoms with Crippen molar-refractivity contribution in [1.29, 1.82) is 0 Å².